The Morgan fingerprint density at radius 2 is 1.85 bits per heavy atom. The molecule has 0 unspecified atom stereocenters. The highest BCUT2D eigenvalue weighted by atomic mass is 16.5. The first-order valence-electron chi connectivity index (χ1n) is 6.80. The SMILES string of the molecule is Cc1ccc(OCCCn2nnc3ccccc32)cc1. The molecule has 4 heteroatoms. The standard InChI is InChI=1S/C16H17N3O/c1-13-7-9-14(10-8-13)20-12-4-11-19-16-6-3-2-5-15(16)17-18-19/h2-3,5-10H,4,11-12H2,1H3. The fourth-order valence-corrected chi connectivity index (χ4v) is 2.12. The Hall–Kier alpha value is -2.36. The summed E-state index contributed by atoms with van der Waals surface area (Å²) in [6.07, 6.45) is 0.904. The van der Waals surface area contributed by atoms with Gasteiger partial charge in [0.1, 0.15) is 11.3 Å². The van der Waals surface area contributed by atoms with Crippen LogP contribution in [0.15, 0.2) is 48.5 Å². The molecular weight excluding hydrogens is 250 g/mol. The number of aryl methyl sites for hydroxylation is 2. The Morgan fingerprint density at radius 3 is 2.70 bits per heavy atom. The van der Waals surface area contributed by atoms with E-state index in [2.05, 4.69) is 29.4 Å². The fraction of sp³-hybridized carbons (Fsp3) is 0.250. The lowest BCUT2D eigenvalue weighted by atomic mass is 10.2. The lowest BCUT2D eigenvalue weighted by Gasteiger charge is -2.06. The van der Waals surface area contributed by atoms with E-state index >= 15 is 0 Å². The molecule has 0 atom stereocenters. The number of hydrogen-bond donors (Lipinski definition) is 0. The van der Waals surface area contributed by atoms with E-state index in [1.54, 1.807) is 0 Å². The van der Waals surface area contributed by atoms with E-state index in [0.717, 1.165) is 29.7 Å². The number of para-hydroxylation sites is 1. The van der Waals surface area contributed by atoms with Gasteiger partial charge in [-0.15, -0.1) is 5.10 Å². The maximum absolute atomic E-state index is 5.71. The molecule has 0 bridgehead atoms. The molecule has 1 heterocycles. The molecule has 0 saturated carbocycles. The summed E-state index contributed by atoms with van der Waals surface area (Å²) in [5, 5.41) is 8.30. The van der Waals surface area contributed by atoms with Crippen LogP contribution >= 0.6 is 0 Å². The average molecular weight is 267 g/mol. The first kappa shape index (κ1) is 12.7. The molecule has 0 amide bonds. The summed E-state index contributed by atoms with van der Waals surface area (Å²) in [5.41, 5.74) is 3.25. The lowest BCUT2D eigenvalue weighted by Crippen LogP contribution is -2.05. The summed E-state index contributed by atoms with van der Waals surface area (Å²) in [5.74, 6) is 0.916. The minimum atomic E-state index is 0.678. The van der Waals surface area contributed by atoms with E-state index in [4.69, 9.17) is 4.74 Å². The van der Waals surface area contributed by atoms with Crippen molar-refractivity contribution in [1.82, 2.24) is 15.0 Å². The smallest absolute Gasteiger partial charge is 0.119 e. The summed E-state index contributed by atoms with van der Waals surface area (Å²) in [6, 6.07) is 16.1. The molecule has 3 rings (SSSR count). The molecule has 4 nitrogen and oxygen atoms in total. The van der Waals surface area contributed by atoms with Crippen molar-refractivity contribution in [3.8, 4) is 5.75 Å². The van der Waals surface area contributed by atoms with Gasteiger partial charge < -0.3 is 4.74 Å². The van der Waals surface area contributed by atoms with Gasteiger partial charge >= 0.3 is 0 Å². The monoisotopic (exact) mass is 267 g/mol. The van der Waals surface area contributed by atoms with Crippen molar-refractivity contribution in [3.63, 3.8) is 0 Å². The zero-order valence-electron chi connectivity index (χ0n) is 11.5. The topological polar surface area (TPSA) is 39.9 Å². The van der Waals surface area contributed by atoms with Gasteiger partial charge in [-0.05, 0) is 31.2 Å². The molecule has 0 aliphatic rings. The van der Waals surface area contributed by atoms with Gasteiger partial charge in [-0.25, -0.2) is 4.68 Å². The highest BCUT2D eigenvalue weighted by Gasteiger charge is 2.02. The lowest BCUT2D eigenvalue weighted by molar-refractivity contribution is 0.299. The molecule has 1 aromatic heterocycles. The van der Waals surface area contributed by atoms with Crippen LogP contribution in [-0.4, -0.2) is 21.6 Å². The van der Waals surface area contributed by atoms with Crippen molar-refractivity contribution in [2.45, 2.75) is 19.9 Å². The molecule has 0 aliphatic heterocycles. The maximum Gasteiger partial charge on any atom is 0.119 e. The summed E-state index contributed by atoms with van der Waals surface area (Å²) < 4.78 is 7.63. The van der Waals surface area contributed by atoms with Crippen molar-refractivity contribution in [2.24, 2.45) is 0 Å². The Bertz CT molecular complexity index is 688. The van der Waals surface area contributed by atoms with Gasteiger partial charge in [-0.1, -0.05) is 35.0 Å². The summed E-state index contributed by atoms with van der Waals surface area (Å²) in [4.78, 5) is 0. The third-order valence-corrected chi connectivity index (χ3v) is 3.22. The van der Waals surface area contributed by atoms with Crippen LogP contribution in [0.1, 0.15) is 12.0 Å². The van der Waals surface area contributed by atoms with E-state index in [-0.39, 0.29) is 0 Å². The van der Waals surface area contributed by atoms with Crippen molar-refractivity contribution in [3.05, 3.63) is 54.1 Å². The average Bonchev–Trinajstić information content (AvgIpc) is 2.89. The normalized spacial score (nSPS) is 10.8. The summed E-state index contributed by atoms with van der Waals surface area (Å²) in [7, 11) is 0. The van der Waals surface area contributed by atoms with Crippen LogP contribution in [0.2, 0.25) is 0 Å². The number of rotatable bonds is 5. The Labute approximate surface area is 118 Å². The van der Waals surface area contributed by atoms with Gasteiger partial charge in [0, 0.05) is 13.0 Å². The van der Waals surface area contributed by atoms with Crippen molar-refractivity contribution >= 4 is 11.0 Å². The number of aromatic nitrogens is 3. The van der Waals surface area contributed by atoms with E-state index in [1.165, 1.54) is 5.56 Å². The van der Waals surface area contributed by atoms with Gasteiger partial charge in [0.25, 0.3) is 0 Å². The molecular formula is C16H17N3O. The number of nitrogens with zero attached hydrogens (tertiary/aromatic N) is 3. The third kappa shape index (κ3) is 2.79. The van der Waals surface area contributed by atoms with Gasteiger partial charge in [-0.3, -0.25) is 0 Å². The zero-order valence-corrected chi connectivity index (χ0v) is 11.5. The minimum absolute atomic E-state index is 0.678. The molecule has 0 N–H and O–H groups in total. The first-order chi connectivity index (χ1) is 9.83. The van der Waals surface area contributed by atoms with Crippen LogP contribution in [0, 0.1) is 6.92 Å². The van der Waals surface area contributed by atoms with Crippen LogP contribution in [-0.2, 0) is 6.54 Å². The number of ether oxygens (including phenoxy) is 1. The van der Waals surface area contributed by atoms with Crippen LogP contribution < -0.4 is 4.74 Å². The second kappa shape index (κ2) is 5.74. The zero-order chi connectivity index (χ0) is 13.8. The van der Waals surface area contributed by atoms with Crippen LogP contribution in [0.5, 0.6) is 5.75 Å². The second-order valence-corrected chi connectivity index (χ2v) is 4.82. The van der Waals surface area contributed by atoms with Gasteiger partial charge in [0.15, 0.2) is 0 Å². The molecule has 102 valence electrons. The van der Waals surface area contributed by atoms with E-state index in [0.29, 0.717) is 6.61 Å². The van der Waals surface area contributed by atoms with E-state index in [9.17, 15) is 0 Å². The number of fused-ring (bicyclic) bond motifs is 1. The molecule has 3 aromatic rings. The molecule has 2 aromatic carbocycles. The Balaban J connectivity index is 1.54. The van der Waals surface area contributed by atoms with Crippen LogP contribution in [0.25, 0.3) is 11.0 Å². The quantitative estimate of drug-likeness (QED) is 0.666. The van der Waals surface area contributed by atoms with E-state index < -0.39 is 0 Å². The number of hydrogen-bond acceptors (Lipinski definition) is 3. The fourth-order valence-electron chi connectivity index (χ4n) is 2.12. The Kier molecular flexibility index (Phi) is 3.63. The summed E-state index contributed by atoms with van der Waals surface area (Å²) in [6.45, 7) is 3.56. The Morgan fingerprint density at radius 1 is 1.05 bits per heavy atom. The molecule has 0 fully saturated rings. The van der Waals surface area contributed by atoms with Gasteiger partial charge in [0.2, 0.25) is 0 Å². The first-order valence-corrected chi connectivity index (χ1v) is 6.80. The van der Waals surface area contributed by atoms with Crippen molar-refractivity contribution < 1.29 is 4.74 Å². The van der Waals surface area contributed by atoms with Crippen LogP contribution in [0.4, 0.5) is 0 Å². The third-order valence-electron chi connectivity index (χ3n) is 3.22. The molecule has 0 spiro atoms. The number of benzene rings is 2. The molecule has 0 radical (unpaired) electrons. The summed E-state index contributed by atoms with van der Waals surface area (Å²) >= 11 is 0. The van der Waals surface area contributed by atoms with Crippen LogP contribution in [0.3, 0.4) is 0 Å². The highest BCUT2D eigenvalue weighted by molar-refractivity contribution is 5.73. The van der Waals surface area contributed by atoms with Crippen molar-refractivity contribution in [1.29, 1.82) is 0 Å². The predicted octanol–water partition coefficient (Wildman–Crippen LogP) is 3.21. The predicted molar refractivity (Wildman–Crippen MR) is 78.8 cm³/mol. The molecule has 0 aliphatic carbocycles. The van der Waals surface area contributed by atoms with Gasteiger partial charge in [0.05, 0.1) is 12.1 Å². The van der Waals surface area contributed by atoms with Gasteiger partial charge in [-0.2, -0.15) is 0 Å². The molecule has 0 saturated heterocycles. The molecule has 20 heavy (non-hydrogen) atoms. The van der Waals surface area contributed by atoms with E-state index in [1.807, 2.05) is 41.1 Å². The largest absolute Gasteiger partial charge is 0.494 e. The minimum Gasteiger partial charge on any atom is -0.494 e. The maximum atomic E-state index is 5.71. The van der Waals surface area contributed by atoms with Crippen molar-refractivity contribution in [2.75, 3.05) is 6.61 Å². The second-order valence-electron chi connectivity index (χ2n) is 4.82. The highest BCUT2D eigenvalue weighted by Crippen LogP contribution is 2.13.